The number of fused-ring (bicyclic) bond motifs is 1. The highest BCUT2D eigenvalue weighted by molar-refractivity contribution is 5.99. The molecule has 3 N–H and O–H groups in total. The third-order valence-corrected chi connectivity index (χ3v) is 5.27. The molecule has 8 heteroatoms. The lowest BCUT2D eigenvalue weighted by molar-refractivity contribution is -0.137. The van der Waals surface area contributed by atoms with Crippen molar-refractivity contribution < 1.29 is 22.6 Å². The molecule has 0 spiro atoms. The minimum Gasteiger partial charge on any atom is -0.493 e. The van der Waals surface area contributed by atoms with E-state index >= 15 is 0 Å². The number of anilines is 1. The number of ether oxygens (including phenoxy) is 2. The number of hydrogen-bond donors (Lipinski definition) is 2. The van der Waals surface area contributed by atoms with E-state index in [1.807, 2.05) is 19.1 Å². The molecule has 0 saturated carbocycles. The number of aryl methyl sites for hydroxylation is 1. The molecule has 32 heavy (non-hydrogen) atoms. The highest BCUT2D eigenvalue weighted by atomic mass is 19.4. The summed E-state index contributed by atoms with van der Waals surface area (Å²) < 4.78 is 50.1. The Balaban J connectivity index is 1.93. The van der Waals surface area contributed by atoms with Crippen molar-refractivity contribution in [1.29, 1.82) is 0 Å². The topological polar surface area (TPSA) is 69.4 Å². The van der Waals surface area contributed by atoms with Gasteiger partial charge in [0.2, 0.25) is 0 Å². The van der Waals surface area contributed by atoms with Crippen molar-refractivity contribution in [1.82, 2.24) is 4.98 Å². The number of aromatic nitrogens is 1. The van der Waals surface area contributed by atoms with E-state index in [1.165, 1.54) is 12.1 Å². The number of methoxy groups -OCH3 is 1. The van der Waals surface area contributed by atoms with Gasteiger partial charge < -0.3 is 20.5 Å². The molecule has 5 nitrogen and oxygen atoms in total. The maximum absolute atomic E-state index is 12.8. The average molecular weight is 448 g/mol. The van der Waals surface area contributed by atoms with Gasteiger partial charge in [-0.3, -0.25) is 4.98 Å². The number of benzene rings is 2. The molecule has 1 aromatic heterocycles. The summed E-state index contributed by atoms with van der Waals surface area (Å²) in [4.78, 5) is 4.56. The molecule has 0 aliphatic carbocycles. The molecule has 0 aliphatic rings. The van der Waals surface area contributed by atoms with E-state index in [9.17, 15) is 13.2 Å². The minimum absolute atomic E-state index is 0.0949. The van der Waals surface area contributed by atoms with Crippen LogP contribution in [-0.4, -0.2) is 24.7 Å². The van der Waals surface area contributed by atoms with Crippen molar-refractivity contribution in [2.75, 3.05) is 19.0 Å². The van der Waals surface area contributed by atoms with E-state index in [0.717, 1.165) is 47.1 Å². The fourth-order valence-corrected chi connectivity index (χ4v) is 3.55. The van der Waals surface area contributed by atoms with Gasteiger partial charge >= 0.3 is 6.18 Å². The summed E-state index contributed by atoms with van der Waals surface area (Å²) >= 11 is 0. The second kappa shape index (κ2) is 10.1. The zero-order valence-electron chi connectivity index (χ0n) is 18.4. The number of pyridine rings is 1. The quantitative estimate of drug-likeness (QED) is 0.441. The van der Waals surface area contributed by atoms with Crippen molar-refractivity contribution in [3.8, 4) is 11.5 Å². The maximum atomic E-state index is 12.8. The van der Waals surface area contributed by atoms with Gasteiger partial charge in [-0.1, -0.05) is 12.1 Å². The van der Waals surface area contributed by atoms with E-state index in [4.69, 9.17) is 15.2 Å². The van der Waals surface area contributed by atoms with Crippen LogP contribution in [0.3, 0.4) is 0 Å². The lowest BCUT2D eigenvalue weighted by atomic mass is 10.1. The van der Waals surface area contributed by atoms with Crippen molar-refractivity contribution in [3.63, 3.8) is 0 Å². The number of hydrogen-bond acceptors (Lipinski definition) is 5. The summed E-state index contributed by atoms with van der Waals surface area (Å²) in [5, 5.41) is 4.28. The normalized spacial score (nSPS) is 12.6. The molecule has 1 atom stereocenters. The van der Waals surface area contributed by atoms with E-state index in [-0.39, 0.29) is 12.6 Å². The summed E-state index contributed by atoms with van der Waals surface area (Å²) in [6.45, 7) is 4.76. The van der Waals surface area contributed by atoms with Gasteiger partial charge in [-0.05, 0) is 62.6 Å². The summed E-state index contributed by atoms with van der Waals surface area (Å²) in [5.41, 5.74) is 8.07. The molecule has 0 fully saturated rings. The Morgan fingerprint density at radius 2 is 1.88 bits per heavy atom. The molecule has 0 saturated heterocycles. The molecule has 0 amide bonds. The predicted octanol–water partition coefficient (Wildman–Crippen LogP) is 5.69. The maximum Gasteiger partial charge on any atom is 0.416 e. The lowest BCUT2D eigenvalue weighted by Gasteiger charge is -2.21. The molecule has 0 bridgehead atoms. The first-order valence-electron chi connectivity index (χ1n) is 10.5. The number of nitrogens with two attached hydrogens (primary N) is 1. The number of halogens is 3. The van der Waals surface area contributed by atoms with Gasteiger partial charge in [-0.25, -0.2) is 0 Å². The number of nitrogens with one attached hydrogen (secondary N) is 1. The Morgan fingerprint density at radius 3 is 2.50 bits per heavy atom. The SMILES string of the molecule is COc1cc(NC(C)CCCN)c2nccc(C)c2c1OCc1ccc(C(F)(F)F)cc1. The van der Waals surface area contributed by atoms with Gasteiger partial charge in [0.05, 0.1) is 29.3 Å². The molecule has 2 aromatic carbocycles. The van der Waals surface area contributed by atoms with Crippen LogP contribution in [0.15, 0.2) is 42.6 Å². The Bertz CT molecular complexity index is 1050. The first-order chi connectivity index (χ1) is 15.2. The van der Waals surface area contributed by atoms with Crippen LogP contribution in [0.1, 0.15) is 36.5 Å². The first kappa shape index (κ1) is 23.7. The van der Waals surface area contributed by atoms with Crippen LogP contribution in [0, 0.1) is 6.92 Å². The van der Waals surface area contributed by atoms with Gasteiger partial charge in [0.25, 0.3) is 0 Å². The van der Waals surface area contributed by atoms with E-state index in [1.54, 1.807) is 13.3 Å². The smallest absolute Gasteiger partial charge is 0.416 e. The fraction of sp³-hybridized carbons (Fsp3) is 0.375. The van der Waals surface area contributed by atoms with Crippen LogP contribution < -0.4 is 20.5 Å². The molecule has 3 aromatic rings. The molecule has 3 rings (SSSR count). The van der Waals surface area contributed by atoms with Gasteiger partial charge in [-0.15, -0.1) is 0 Å². The van der Waals surface area contributed by atoms with Crippen LogP contribution in [0.5, 0.6) is 11.5 Å². The largest absolute Gasteiger partial charge is 0.493 e. The van der Waals surface area contributed by atoms with Crippen molar-refractivity contribution in [2.24, 2.45) is 5.73 Å². The third kappa shape index (κ3) is 5.43. The van der Waals surface area contributed by atoms with Crippen molar-refractivity contribution >= 4 is 16.6 Å². The van der Waals surface area contributed by atoms with Gasteiger partial charge in [0.15, 0.2) is 11.5 Å². The molecule has 1 heterocycles. The molecule has 172 valence electrons. The van der Waals surface area contributed by atoms with Crippen LogP contribution >= 0.6 is 0 Å². The van der Waals surface area contributed by atoms with Crippen molar-refractivity contribution in [2.45, 2.75) is 45.5 Å². The summed E-state index contributed by atoms with van der Waals surface area (Å²) in [6.07, 6.45) is -0.812. The number of alkyl halides is 3. The first-order valence-corrected chi connectivity index (χ1v) is 10.5. The van der Waals surface area contributed by atoms with Crippen LogP contribution in [0.25, 0.3) is 10.9 Å². The fourth-order valence-electron chi connectivity index (χ4n) is 3.55. The zero-order valence-corrected chi connectivity index (χ0v) is 18.4. The number of rotatable bonds is 9. The predicted molar refractivity (Wildman–Crippen MR) is 120 cm³/mol. The van der Waals surface area contributed by atoms with E-state index < -0.39 is 11.7 Å². The Labute approximate surface area is 185 Å². The van der Waals surface area contributed by atoms with E-state index in [0.29, 0.717) is 23.6 Å². The van der Waals surface area contributed by atoms with Crippen LogP contribution in [-0.2, 0) is 12.8 Å². The van der Waals surface area contributed by atoms with Crippen LogP contribution in [0.4, 0.5) is 18.9 Å². The highest BCUT2D eigenvalue weighted by Crippen LogP contribution is 2.42. The third-order valence-electron chi connectivity index (χ3n) is 5.27. The Kier molecular flexibility index (Phi) is 7.45. The second-order valence-corrected chi connectivity index (χ2v) is 7.77. The Hall–Kier alpha value is -3.00. The summed E-state index contributed by atoms with van der Waals surface area (Å²) in [5.74, 6) is 1.03. The lowest BCUT2D eigenvalue weighted by Crippen LogP contribution is -2.17. The molecule has 0 aliphatic heterocycles. The van der Waals surface area contributed by atoms with Gasteiger partial charge in [-0.2, -0.15) is 13.2 Å². The van der Waals surface area contributed by atoms with Crippen molar-refractivity contribution in [3.05, 3.63) is 59.3 Å². The molecule has 1 unspecified atom stereocenters. The van der Waals surface area contributed by atoms with E-state index in [2.05, 4.69) is 17.2 Å². The summed E-state index contributed by atoms with van der Waals surface area (Å²) in [7, 11) is 1.56. The van der Waals surface area contributed by atoms with Crippen LogP contribution in [0.2, 0.25) is 0 Å². The second-order valence-electron chi connectivity index (χ2n) is 7.77. The average Bonchev–Trinajstić information content (AvgIpc) is 2.76. The molecular formula is C24H28F3N3O2. The monoisotopic (exact) mass is 447 g/mol. The molecule has 0 radical (unpaired) electrons. The summed E-state index contributed by atoms with van der Waals surface area (Å²) in [6, 6.07) is 8.85. The van der Waals surface area contributed by atoms with Gasteiger partial charge in [0.1, 0.15) is 6.61 Å². The molecular weight excluding hydrogens is 419 g/mol. The highest BCUT2D eigenvalue weighted by Gasteiger charge is 2.30. The minimum atomic E-state index is -4.37. The standard InChI is InChI=1S/C24H28F3N3O2/c1-15-10-12-29-22-19(30-16(2)5-4-11-28)13-20(31-3)23(21(15)22)32-14-17-6-8-18(9-7-17)24(25,26)27/h6-10,12-13,16,30H,4-5,11,14,28H2,1-3H3. The zero-order chi connectivity index (χ0) is 23.3. The van der Waals surface area contributed by atoms with Gasteiger partial charge in [0, 0.05) is 18.3 Å². The number of nitrogens with zero attached hydrogens (tertiary/aromatic N) is 1. The Morgan fingerprint density at radius 1 is 1.16 bits per heavy atom.